The van der Waals surface area contributed by atoms with E-state index in [0.717, 1.165) is 0 Å². The molecule has 2 aromatic carbocycles. The van der Waals surface area contributed by atoms with E-state index in [4.69, 9.17) is 5.11 Å². The highest BCUT2D eigenvalue weighted by molar-refractivity contribution is 6.28. The van der Waals surface area contributed by atoms with Crippen molar-refractivity contribution in [3.63, 3.8) is 0 Å². The van der Waals surface area contributed by atoms with Gasteiger partial charge >= 0.3 is 5.97 Å². The summed E-state index contributed by atoms with van der Waals surface area (Å²) in [6.07, 6.45) is 0.287. The molecule has 0 heterocycles. The number of carboxylic acids is 1. The van der Waals surface area contributed by atoms with Gasteiger partial charge in [0, 0.05) is 23.5 Å². The van der Waals surface area contributed by atoms with Gasteiger partial charge in [-0.3, -0.25) is 14.4 Å². The molecule has 0 aromatic heterocycles. The molecular weight excluding hydrogens is 372 g/mol. The SMILES string of the molecule is CC(=O)c1ccc2c(c1)/C(=C(/O)c1ccc(C(=O)O)cc1)C(=O)CC(C(C)=O)C2. The Labute approximate surface area is 167 Å². The maximum absolute atomic E-state index is 13.0. The molecule has 6 heteroatoms. The largest absolute Gasteiger partial charge is 0.507 e. The van der Waals surface area contributed by atoms with Crippen LogP contribution in [-0.4, -0.2) is 33.5 Å². The van der Waals surface area contributed by atoms with Crippen LogP contribution in [-0.2, 0) is 16.0 Å². The number of allylic oxidation sites excluding steroid dienone is 1. The highest BCUT2D eigenvalue weighted by Crippen LogP contribution is 2.35. The van der Waals surface area contributed by atoms with Gasteiger partial charge in [0.15, 0.2) is 11.6 Å². The fourth-order valence-electron chi connectivity index (χ4n) is 3.48. The van der Waals surface area contributed by atoms with E-state index in [1.54, 1.807) is 18.2 Å². The second-order valence-electron chi connectivity index (χ2n) is 7.17. The van der Waals surface area contributed by atoms with Crippen LogP contribution in [0.2, 0.25) is 0 Å². The molecule has 0 radical (unpaired) electrons. The Bertz CT molecular complexity index is 1060. The third kappa shape index (κ3) is 4.01. The number of rotatable bonds is 4. The van der Waals surface area contributed by atoms with E-state index >= 15 is 0 Å². The lowest BCUT2D eigenvalue weighted by Gasteiger charge is -2.13. The van der Waals surface area contributed by atoms with Gasteiger partial charge in [-0.25, -0.2) is 4.79 Å². The maximum atomic E-state index is 13.0. The van der Waals surface area contributed by atoms with Crippen LogP contribution in [0, 0.1) is 5.92 Å². The van der Waals surface area contributed by atoms with Gasteiger partial charge in [0.1, 0.15) is 11.5 Å². The average Bonchev–Trinajstić information content (AvgIpc) is 2.82. The molecule has 1 aliphatic rings. The third-order valence-electron chi connectivity index (χ3n) is 5.18. The fraction of sp³-hybridized carbons (Fsp3) is 0.217. The lowest BCUT2D eigenvalue weighted by molar-refractivity contribution is -0.124. The van der Waals surface area contributed by atoms with Crippen molar-refractivity contribution < 1.29 is 29.4 Å². The predicted octanol–water partition coefficient (Wildman–Crippen LogP) is 3.73. The van der Waals surface area contributed by atoms with Crippen LogP contribution in [0.15, 0.2) is 42.5 Å². The molecule has 0 amide bonds. The van der Waals surface area contributed by atoms with Crippen molar-refractivity contribution in [1.29, 1.82) is 0 Å². The van der Waals surface area contributed by atoms with Gasteiger partial charge in [0.25, 0.3) is 0 Å². The van der Waals surface area contributed by atoms with Gasteiger partial charge in [-0.15, -0.1) is 0 Å². The number of aliphatic hydroxyl groups is 1. The fourth-order valence-corrected chi connectivity index (χ4v) is 3.48. The quantitative estimate of drug-likeness (QED) is 0.355. The highest BCUT2D eigenvalue weighted by atomic mass is 16.4. The first-order chi connectivity index (χ1) is 13.7. The van der Waals surface area contributed by atoms with E-state index in [9.17, 15) is 24.3 Å². The summed E-state index contributed by atoms with van der Waals surface area (Å²) in [7, 11) is 0. The molecule has 2 aromatic rings. The molecule has 1 unspecified atom stereocenters. The second kappa shape index (κ2) is 7.83. The number of benzene rings is 2. The number of carbonyl (C=O) groups excluding carboxylic acids is 3. The molecule has 3 rings (SSSR count). The second-order valence-corrected chi connectivity index (χ2v) is 7.17. The number of ketones is 3. The molecular formula is C23H20O6. The van der Waals surface area contributed by atoms with E-state index in [2.05, 4.69) is 0 Å². The molecule has 2 N–H and O–H groups in total. The van der Waals surface area contributed by atoms with Gasteiger partial charge in [-0.05, 0) is 49.6 Å². The van der Waals surface area contributed by atoms with E-state index in [-0.39, 0.29) is 40.4 Å². The summed E-state index contributed by atoms with van der Waals surface area (Å²) < 4.78 is 0. The first-order valence-corrected chi connectivity index (χ1v) is 9.14. The monoisotopic (exact) mass is 392 g/mol. The Kier molecular flexibility index (Phi) is 5.46. The minimum absolute atomic E-state index is 0.0370. The summed E-state index contributed by atoms with van der Waals surface area (Å²) in [5.74, 6) is -2.62. The van der Waals surface area contributed by atoms with E-state index in [0.29, 0.717) is 23.1 Å². The molecule has 29 heavy (non-hydrogen) atoms. The Morgan fingerprint density at radius 2 is 1.45 bits per heavy atom. The summed E-state index contributed by atoms with van der Waals surface area (Å²) in [6, 6.07) is 10.4. The van der Waals surface area contributed by atoms with Crippen molar-refractivity contribution in [3.05, 3.63) is 70.3 Å². The topological polar surface area (TPSA) is 109 Å². The van der Waals surface area contributed by atoms with Crippen molar-refractivity contribution in [2.45, 2.75) is 26.7 Å². The number of carbonyl (C=O) groups is 4. The summed E-state index contributed by atoms with van der Waals surface area (Å²) in [5, 5.41) is 20.0. The van der Waals surface area contributed by atoms with Gasteiger partial charge in [0.2, 0.25) is 0 Å². The minimum atomic E-state index is -1.10. The summed E-state index contributed by atoms with van der Waals surface area (Å²) >= 11 is 0. The lowest BCUT2D eigenvalue weighted by atomic mass is 9.91. The molecule has 0 spiro atoms. The summed E-state index contributed by atoms with van der Waals surface area (Å²) in [4.78, 5) is 47.9. The van der Waals surface area contributed by atoms with Crippen LogP contribution in [0.25, 0.3) is 11.3 Å². The third-order valence-corrected chi connectivity index (χ3v) is 5.18. The van der Waals surface area contributed by atoms with Crippen molar-refractivity contribution in [2.75, 3.05) is 0 Å². The average molecular weight is 392 g/mol. The summed E-state index contributed by atoms with van der Waals surface area (Å²) in [5.41, 5.74) is 1.88. The molecule has 0 saturated heterocycles. The lowest BCUT2D eigenvalue weighted by Crippen LogP contribution is -2.16. The molecule has 6 nitrogen and oxygen atoms in total. The smallest absolute Gasteiger partial charge is 0.335 e. The van der Waals surface area contributed by atoms with Gasteiger partial charge < -0.3 is 10.2 Å². The number of hydrogen-bond acceptors (Lipinski definition) is 5. The predicted molar refractivity (Wildman–Crippen MR) is 107 cm³/mol. The highest BCUT2D eigenvalue weighted by Gasteiger charge is 2.31. The van der Waals surface area contributed by atoms with Crippen molar-refractivity contribution in [3.8, 4) is 0 Å². The molecule has 1 aliphatic carbocycles. The van der Waals surface area contributed by atoms with Crippen molar-refractivity contribution >= 4 is 34.7 Å². The molecule has 0 saturated carbocycles. The van der Waals surface area contributed by atoms with Crippen LogP contribution in [0.3, 0.4) is 0 Å². The maximum Gasteiger partial charge on any atom is 0.335 e. The molecule has 1 atom stereocenters. The molecule has 0 bridgehead atoms. The Morgan fingerprint density at radius 1 is 0.862 bits per heavy atom. The zero-order valence-electron chi connectivity index (χ0n) is 16.1. The Morgan fingerprint density at radius 3 is 2.00 bits per heavy atom. The zero-order valence-corrected chi connectivity index (χ0v) is 16.1. The molecule has 148 valence electrons. The molecule has 0 fully saturated rings. The number of fused-ring (bicyclic) bond motifs is 1. The number of hydrogen-bond donors (Lipinski definition) is 2. The number of carboxylic acid groups (broad SMARTS) is 1. The molecule has 0 aliphatic heterocycles. The number of aliphatic hydroxyl groups excluding tert-OH is 1. The van der Waals surface area contributed by atoms with Crippen LogP contribution in [0.4, 0.5) is 0 Å². The van der Waals surface area contributed by atoms with E-state index in [1.165, 1.54) is 38.1 Å². The first kappa shape index (κ1) is 20.2. The Hall–Kier alpha value is -3.54. The number of aromatic carboxylic acids is 1. The standard InChI is InChI=1S/C23H20O6/c1-12(24)16-7-8-17-9-18(13(2)25)11-20(26)21(19(17)10-16)22(27)14-3-5-15(6-4-14)23(28)29/h3-8,10,18,27H,9,11H2,1-2H3,(H,28,29)/b22-21-. The Balaban J connectivity index is 2.23. The van der Waals surface area contributed by atoms with Crippen LogP contribution < -0.4 is 0 Å². The minimum Gasteiger partial charge on any atom is -0.507 e. The van der Waals surface area contributed by atoms with Crippen molar-refractivity contribution in [1.82, 2.24) is 0 Å². The summed E-state index contributed by atoms with van der Waals surface area (Å²) in [6.45, 7) is 2.84. The normalized spacial score (nSPS) is 17.9. The van der Waals surface area contributed by atoms with Crippen molar-refractivity contribution in [2.24, 2.45) is 5.92 Å². The van der Waals surface area contributed by atoms with Crippen LogP contribution in [0.1, 0.15) is 57.7 Å². The van der Waals surface area contributed by atoms with Gasteiger partial charge in [0.05, 0.1) is 11.1 Å². The van der Waals surface area contributed by atoms with E-state index < -0.39 is 17.7 Å². The van der Waals surface area contributed by atoms with Gasteiger partial charge in [-0.2, -0.15) is 0 Å². The zero-order chi connectivity index (χ0) is 21.3. The van der Waals surface area contributed by atoms with Gasteiger partial charge in [-0.1, -0.05) is 24.3 Å². The van der Waals surface area contributed by atoms with Crippen LogP contribution in [0.5, 0.6) is 0 Å². The number of Topliss-reactive ketones (excluding diaryl/α,β-unsaturated/α-hetero) is 3. The first-order valence-electron chi connectivity index (χ1n) is 9.14. The van der Waals surface area contributed by atoms with E-state index in [1.807, 2.05) is 0 Å². The van der Waals surface area contributed by atoms with Crippen LogP contribution >= 0.6 is 0 Å².